The third-order valence-electron chi connectivity index (χ3n) is 0.665. The van der Waals surface area contributed by atoms with Crippen LogP contribution in [0.3, 0.4) is 0 Å². The van der Waals surface area contributed by atoms with E-state index in [0.29, 0.717) is 19.1 Å². The first-order valence-corrected chi connectivity index (χ1v) is 3.64. The van der Waals surface area contributed by atoms with Crippen molar-refractivity contribution in [1.29, 1.82) is 0 Å². The van der Waals surface area contributed by atoms with Gasteiger partial charge in [0, 0.05) is 17.5 Å². The maximum atomic E-state index is 9.94. The van der Waals surface area contributed by atoms with Crippen LogP contribution in [0.15, 0.2) is 0 Å². The van der Waals surface area contributed by atoms with Crippen molar-refractivity contribution in [2.24, 2.45) is 0 Å². The van der Waals surface area contributed by atoms with Gasteiger partial charge in [-0.3, -0.25) is 0 Å². The van der Waals surface area contributed by atoms with Gasteiger partial charge in [0.2, 0.25) is 0 Å². The minimum Gasteiger partial charge on any atom is -0.451 e. The zero-order chi connectivity index (χ0) is 7.82. The van der Waals surface area contributed by atoms with Crippen LogP contribution >= 0.6 is 23.2 Å². The Morgan fingerprint density at radius 2 is 2.00 bits per heavy atom. The van der Waals surface area contributed by atoms with Crippen molar-refractivity contribution in [3.05, 3.63) is 0 Å². The molecule has 5 heteroatoms. The molecular weight excluding hydrogens is 179 g/mol. The van der Waals surface area contributed by atoms with Gasteiger partial charge in [0.1, 0.15) is 6.61 Å². The fraction of sp³-hybridized carbons (Fsp3) is 0.800. The molecular formula is C5H8Cl2O3. The molecule has 0 fully saturated rings. The second-order valence-corrected chi connectivity index (χ2v) is 2.07. The Bertz CT molecular complexity index is 96.9. The van der Waals surface area contributed by atoms with Crippen molar-refractivity contribution >= 4 is 28.6 Å². The lowest BCUT2D eigenvalue weighted by atomic mass is 10.7. The molecule has 0 unspecified atom stereocenters. The highest BCUT2D eigenvalue weighted by atomic mass is 35.5. The van der Waals surface area contributed by atoms with Crippen LogP contribution in [0, 0.1) is 0 Å². The maximum absolute atomic E-state index is 9.94. The highest BCUT2D eigenvalue weighted by Gasteiger charge is 1.93. The molecule has 0 radical (unpaired) electrons. The second kappa shape index (κ2) is 7.12. The van der Waals surface area contributed by atoms with Crippen molar-refractivity contribution in [3.63, 3.8) is 0 Å². The topological polar surface area (TPSA) is 35.5 Å². The molecule has 0 saturated carbocycles. The van der Waals surface area contributed by atoms with E-state index in [-0.39, 0.29) is 6.61 Å². The number of rotatable bonds is 5. The van der Waals surface area contributed by atoms with Crippen molar-refractivity contribution in [2.75, 3.05) is 25.7 Å². The summed E-state index contributed by atoms with van der Waals surface area (Å²) in [6, 6.07) is 0. The minimum atomic E-state index is -0.811. The van der Waals surface area contributed by atoms with Crippen LogP contribution < -0.4 is 0 Å². The molecule has 0 aliphatic heterocycles. The number of hydrogen-bond acceptors (Lipinski definition) is 3. The Morgan fingerprint density at radius 1 is 1.30 bits per heavy atom. The van der Waals surface area contributed by atoms with E-state index >= 15 is 0 Å². The van der Waals surface area contributed by atoms with Crippen LogP contribution in [0.2, 0.25) is 0 Å². The van der Waals surface area contributed by atoms with Gasteiger partial charge in [-0.25, -0.2) is 4.79 Å². The summed E-state index contributed by atoms with van der Waals surface area (Å²) < 4.78 is 9.21. The van der Waals surface area contributed by atoms with E-state index in [2.05, 4.69) is 4.74 Å². The zero-order valence-electron chi connectivity index (χ0n) is 5.31. The van der Waals surface area contributed by atoms with Gasteiger partial charge in [-0.05, 0) is 0 Å². The molecule has 60 valence electrons. The van der Waals surface area contributed by atoms with Crippen LogP contribution in [0.1, 0.15) is 0 Å². The molecule has 0 saturated heterocycles. The number of carbonyl (C=O) groups excluding carboxylic acids is 1. The van der Waals surface area contributed by atoms with Gasteiger partial charge < -0.3 is 9.47 Å². The Labute approximate surface area is 69.2 Å². The van der Waals surface area contributed by atoms with E-state index in [9.17, 15) is 4.79 Å². The number of hydrogen-bond donors (Lipinski definition) is 0. The summed E-state index contributed by atoms with van der Waals surface area (Å²) in [5.41, 5.74) is -0.811. The molecule has 0 aromatic carbocycles. The lowest BCUT2D eigenvalue weighted by molar-refractivity contribution is 0.0904. The summed E-state index contributed by atoms with van der Waals surface area (Å²) in [5, 5.41) is 0. The van der Waals surface area contributed by atoms with Gasteiger partial charge in [-0.1, -0.05) is 0 Å². The first-order valence-electron chi connectivity index (χ1n) is 2.73. The lowest BCUT2D eigenvalue weighted by Gasteiger charge is -2.00. The fourth-order valence-electron chi connectivity index (χ4n) is 0.337. The average molecular weight is 187 g/mol. The molecule has 0 rings (SSSR count). The predicted octanol–water partition coefficient (Wildman–Crippen LogP) is 1.62. The zero-order valence-corrected chi connectivity index (χ0v) is 6.82. The first kappa shape index (κ1) is 10.0. The SMILES string of the molecule is O=C(Cl)OCCOCCCl. The normalized spacial score (nSPS) is 9.40. The Balaban J connectivity index is 2.84. The molecule has 0 spiro atoms. The maximum Gasteiger partial charge on any atom is 0.403 e. The van der Waals surface area contributed by atoms with E-state index in [1.54, 1.807) is 0 Å². The Hall–Kier alpha value is 0.01000. The largest absolute Gasteiger partial charge is 0.451 e. The summed E-state index contributed by atoms with van der Waals surface area (Å²) in [6.07, 6.45) is 0. The molecule has 0 aliphatic rings. The summed E-state index contributed by atoms with van der Waals surface area (Å²) >= 11 is 10.1. The van der Waals surface area contributed by atoms with Gasteiger partial charge in [0.05, 0.1) is 13.2 Å². The van der Waals surface area contributed by atoms with E-state index in [1.165, 1.54) is 0 Å². The van der Waals surface area contributed by atoms with Gasteiger partial charge in [0.25, 0.3) is 0 Å². The summed E-state index contributed by atoms with van der Waals surface area (Å²) in [4.78, 5) is 9.94. The predicted molar refractivity (Wildman–Crippen MR) is 38.7 cm³/mol. The molecule has 0 bridgehead atoms. The molecule has 0 N–H and O–H groups in total. The monoisotopic (exact) mass is 186 g/mol. The minimum absolute atomic E-state index is 0.180. The van der Waals surface area contributed by atoms with Crippen LogP contribution in [0.25, 0.3) is 0 Å². The van der Waals surface area contributed by atoms with E-state index in [0.717, 1.165) is 0 Å². The third-order valence-corrected chi connectivity index (χ3v) is 0.928. The average Bonchev–Trinajstić information content (AvgIpc) is 1.87. The highest BCUT2D eigenvalue weighted by Crippen LogP contribution is 1.86. The number of ether oxygens (including phenoxy) is 2. The molecule has 0 atom stereocenters. The van der Waals surface area contributed by atoms with Gasteiger partial charge in [0.15, 0.2) is 0 Å². The fourth-order valence-corrected chi connectivity index (χ4v) is 0.524. The summed E-state index contributed by atoms with van der Waals surface area (Å²) in [6.45, 7) is 0.978. The van der Waals surface area contributed by atoms with Crippen molar-refractivity contribution in [2.45, 2.75) is 0 Å². The van der Waals surface area contributed by atoms with Gasteiger partial charge in [-0.2, -0.15) is 0 Å². The quantitative estimate of drug-likeness (QED) is 0.372. The van der Waals surface area contributed by atoms with Crippen LogP contribution in [-0.4, -0.2) is 31.1 Å². The van der Waals surface area contributed by atoms with Crippen LogP contribution in [0.5, 0.6) is 0 Å². The molecule has 0 aliphatic carbocycles. The number of halogens is 2. The molecule has 0 amide bonds. The number of alkyl halides is 1. The van der Waals surface area contributed by atoms with Gasteiger partial charge >= 0.3 is 5.43 Å². The lowest BCUT2D eigenvalue weighted by Crippen LogP contribution is -2.06. The smallest absolute Gasteiger partial charge is 0.403 e. The van der Waals surface area contributed by atoms with Crippen molar-refractivity contribution < 1.29 is 14.3 Å². The van der Waals surface area contributed by atoms with E-state index in [1.807, 2.05) is 0 Å². The van der Waals surface area contributed by atoms with Crippen LogP contribution in [0.4, 0.5) is 4.79 Å². The van der Waals surface area contributed by atoms with Crippen molar-refractivity contribution in [1.82, 2.24) is 0 Å². The van der Waals surface area contributed by atoms with Crippen molar-refractivity contribution in [3.8, 4) is 0 Å². The first-order chi connectivity index (χ1) is 4.77. The molecule has 0 aromatic heterocycles. The highest BCUT2D eigenvalue weighted by molar-refractivity contribution is 6.61. The standard InChI is InChI=1S/C5H8Cl2O3/c6-1-2-9-3-4-10-5(7)8/h1-4H2. The Kier molecular flexibility index (Phi) is 7.13. The van der Waals surface area contributed by atoms with Crippen LogP contribution in [-0.2, 0) is 9.47 Å². The molecule has 0 heterocycles. The summed E-state index contributed by atoms with van der Waals surface area (Å²) in [5.74, 6) is 0.439. The summed E-state index contributed by atoms with van der Waals surface area (Å²) in [7, 11) is 0. The number of carbonyl (C=O) groups is 1. The second-order valence-electron chi connectivity index (χ2n) is 1.39. The molecule has 0 aromatic rings. The third kappa shape index (κ3) is 8.01. The van der Waals surface area contributed by atoms with E-state index < -0.39 is 5.43 Å². The van der Waals surface area contributed by atoms with Gasteiger partial charge in [-0.15, -0.1) is 11.6 Å². The molecule has 3 nitrogen and oxygen atoms in total. The molecule has 10 heavy (non-hydrogen) atoms. The van der Waals surface area contributed by atoms with E-state index in [4.69, 9.17) is 27.9 Å². The Morgan fingerprint density at radius 3 is 2.50 bits per heavy atom.